The summed E-state index contributed by atoms with van der Waals surface area (Å²) in [6, 6.07) is 0. The molecule has 0 saturated carbocycles. The number of aliphatic hydroxyl groups is 1. The van der Waals surface area contributed by atoms with E-state index in [0.717, 1.165) is 6.42 Å². The smallest absolute Gasteiger partial charge is 0.177 e. The van der Waals surface area contributed by atoms with E-state index in [1.807, 2.05) is 26.8 Å². The maximum absolute atomic E-state index is 8.95. The van der Waals surface area contributed by atoms with Gasteiger partial charge in [0.2, 0.25) is 0 Å². The van der Waals surface area contributed by atoms with Crippen molar-refractivity contribution in [1.29, 1.82) is 0 Å². The summed E-state index contributed by atoms with van der Waals surface area (Å²) in [7, 11) is 0. The highest BCUT2D eigenvalue weighted by atomic mass is 16.7. The van der Waals surface area contributed by atoms with Crippen LogP contribution in [0.3, 0.4) is 0 Å². The average Bonchev–Trinajstić information content (AvgIpc) is 2.01. The fourth-order valence-electron chi connectivity index (χ4n) is 1.38. The van der Waals surface area contributed by atoms with Gasteiger partial charge in [-0.15, -0.1) is 0 Å². The molecular formula is C10H18O3. The van der Waals surface area contributed by atoms with Crippen LogP contribution in [0, 0.1) is 0 Å². The van der Waals surface area contributed by atoms with Crippen molar-refractivity contribution in [3.05, 3.63) is 11.6 Å². The monoisotopic (exact) mass is 186 g/mol. The second-order valence-corrected chi connectivity index (χ2v) is 3.71. The molecule has 1 N–H and O–H groups in total. The number of aliphatic hydroxyl groups excluding tert-OH is 1. The molecule has 0 aliphatic carbocycles. The van der Waals surface area contributed by atoms with Crippen LogP contribution in [0.15, 0.2) is 11.6 Å². The summed E-state index contributed by atoms with van der Waals surface area (Å²) in [5.74, 6) is 0. The first-order chi connectivity index (χ1) is 6.11. The molecule has 0 bridgehead atoms. The van der Waals surface area contributed by atoms with Crippen LogP contribution in [-0.2, 0) is 9.47 Å². The molecule has 1 aliphatic heterocycles. The van der Waals surface area contributed by atoms with Gasteiger partial charge >= 0.3 is 0 Å². The minimum atomic E-state index is -0.286. The van der Waals surface area contributed by atoms with Crippen LogP contribution in [-0.4, -0.2) is 30.2 Å². The van der Waals surface area contributed by atoms with Crippen molar-refractivity contribution in [2.45, 2.75) is 45.7 Å². The Hall–Kier alpha value is -0.380. The summed E-state index contributed by atoms with van der Waals surface area (Å²) in [6.07, 6.45) is 2.52. The Bertz CT molecular complexity index is 187. The van der Waals surface area contributed by atoms with Gasteiger partial charge in [0.15, 0.2) is 6.29 Å². The summed E-state index contributed by atoms with van der Waals surface area (Å²) >= 11 is 0. The first kappa shape index (κ1) is 10.7. The summed E-state index contributed by atoms with van der Waals surface area (Å²) in [6.45, 7) is 6.02. The predicted molar refractivity (Wildman–Crippen MR) is 50.3 cm³/mol. The van der Waals surface area contributed by atoms with Crippen LogP contribution in [0.2, 0.25) is 0 Å². The van der Waals surface area contributed by atoms with E-state index in [9.17, 15) is 0 Å². The standard InChI is InChI=1S/C10H18O3/c1-7(2)12-10-5-8(3)4-9(6-11)13-10/h5,7,9-11H,4,6H2,1-3H3. The molecule has 0 amide bonds. The van der Waals surface area contributed by atoms with Gasteiger partial charge in [-0.05, 0) is 33.3 Å². The van der Waals surface area contributed by atoms with Crippen molar-refractivity contribution in [2.24, 2.45) is 0 Å². The zero-order chi connectivity index (χ0) is 9.84. The average molecular weight is 186 g/mol. The zero-order valence-corrected chi connectivity index (χ0v) is 8.49. The zero-order valence-electron chi connectivity index (χ0n) is 8.49. The lowest BCUT2D eigenvalue weighted by Gasteiger charge is -2.28. The minimum Gasteiger partial charge on any atom is -0.394 e. The molecule has 1 rings (SSSR count). The number of ether oxygens (including phenoxy) is 2. The summed E-state index contributed by atoms with van der Waals surface area (Å²) in [5.41, 5.74) is 1.22. The van der Waals surface area contributed by atoms with Gasteiger partial charge in [-0.25, -0.2) is 0 Å². The second kappa shape index (κ2) is 4.74. The van der Waals surface area contributed by atoms with Crippen LogP contribution < -0.4 is 0 Å². The van der Waals surface area contributed by atoms with Crippen molar-refractivity contribution in [3.63, 3.8) is 0 Å². The topological polar surface area (TPSA) is 38.7 Å². The van der Waals surface area contributed by atoms with E-state index in [1.165, 1.54) is 5.57 Å². The number of hydrogen-bond acceptors (Lipinski definition) is 3. The molecule has 3 nitrogen and oxygen atoms in total. The van der Waals surface area contributed by atoms with E-state index < -0.39 is 0 Å². The van der Waals surface area contributed by atoms with Crippen LogP contribution in [0.25, 0.3) is 0 Å². The molecule has 0 aromatic carbocycles. The highest BCUT2D eigenvalue weighted by Crippen LogP contribution is 2.19. The lowest BCUT2D eigenvalue weighted by atomic mass is 10.1. The third-order valence-corrected chi connectivity index (χ3v) is 1.91. The molecule has 76 valence electrons. The molecular weight excluding hydrogens is 168 g/mol. The Morgan fingerprint density at radius 2 is 2.38 bits per heavy atom. The highest BCUT2D eigenvalue weighted by molar-refractivity contribution is 5.05. The lowest BCUT2D eigenvalue weighted by Crippen LogP contribution is -2.31. The fraction of sp³-hybridized carbons (Fsp3) is 0.800. The summed E-state index contributed by atoms with van der Waals surface area (Å²) in [4.78, 5) is 0. The molecule has 0 aromatic rings. The van der Waals surface area contributed by atoms with Crippen LogP contribution >= 0.6 is 0 Å². The molecule has 0 fully saturated rings. The normalized spacial score (nSPS) is 29.2. The van der Waals surface area contributed by atoms with E-state index >= 15 is 0 Å². The molecule has 3 heteroatoms. The van der Waals surface area contributed by atoms with Gasteiger partial charge in [-0.1, -0.05) is 5.57 Å². The van der Waals surface area contributed by atoms with E-state index in [2.05, 4.69) is 0 Å². The Morgan fingerprint density at radius 1 is 1.69 bits per heavy atom. The third kappa shape index (κ3) is 3.46. The third-order valence-electron chi connectivity index (χ3n) is 1.91. The van der Waals surface area contributed by atoms with Crippen LogP contribution in [0.5, 0.6) is 0 Å². The summed E-state index contributed by atoms with van der Waals surface area (Å²) in [5, 5.41) is 8.95. The van der Waals surface area contributed by atoms with E-state index in [4.69, 9.17) is 14.6 Å². The first-order valence-electron chi connectivity index (χ1n) is 4.71. The fourth-order valence-corrected chi connectivity index (χ4v) is 1.38. The molecule has 1 heterocycles. The molecule has 0 aromatic heterocycles. The van der Waals surface area contributed by atoms with Gasteiger partial charge in [0, 0.05) is 0 Å². The Morgan fingerprint density at radius 3 is 2.92 bits per heavy atom. The van der Waals surface area contributed by atoms with Crippen LogP contribution in [0.1, 0.15) is 27.2 Å². The summed E-state index contributed by atoms with van der Waals surface area (Å²) < 4.78 is 11.0. The van der Waals surface area contributed by atoms with Gasteiger partial charge in [-0.3, -0.25) is 0 Å². The Labute approximate surface area is 79.3 Å². The molecule has 0 spiro atoms. The van der Waals surface area contributed by atoms with Crippen molar-refractivity contribution >= 4 is 0 Å². The molecule has 0 saturated heterocycles. The van der Waals surface area contributed by atoms with Gasteiger partial charge in [0.1, 0.15) is 0 Å². The Balaban J connectivity index is 2.50. The van der Waals surface area contributed by atoms with Crippen molar-refractivity contribution in [3.8, 4) is 0 Å². The number of rotatable bonds is 3. The first-order valence-corrected chi connectivity index (χ1v) is 4.71. The quantitative estimate of drug-likeness (QED) is 0.678. The maximum Gasteiger partial charge on any atom is 0.177 e. The largest absolute Gasteiger partial charge is 0.394 e. The Kier molecular flexibility index (Phi) is 3.90. The number of hydrogen-bond donors (Lipinski definition) is 1. The lowest BCUT2D eigenvalue weighted by molar-refractivity contribution is -0.174. The molecule has 0 radical (unpaired) electrons. The van der Waals surface area contributed by atoms with Crippen LogP contribution in [0.4, 0.5) is 0 Å². The van der Waals surface area contributed by atoms with Crippen molar-refractivity contribution in [2.75, 3.05) is 6.61 Å². The van der Waals surface area contributed by atoms with Crippen molar-refractivity contribution in [1.82, 2.24) is 0 Å². The van der Waals surface area contributed by atoms with Crippen molar-refractivity contribution < 1.29 is 14.6 Å². The SMILES string of the molecule is CC1=CC(OC(C)C)OC(CO)C1. The molecule has 1 aliphatic rings. The molecule has 2 atom stereocenters. The molecule has 2 unspecified atom stereocenters. The predicted octanol–water partition coefficient (Wildman–Crippen LogP) is 1.47. The highest BCUT2D eigenvalue weighted by Gasteiger charge is 2.21. The van der Waals surface area contributed by atoms with Gasteiger partial charge in [0.25, 0.3) is 0 Å². The van der Waals surface area contributed by atoms with Gasteiger partial charge in [-0.2, -0.15) is 0 Å². The maximum atomic E-state index is 8.95. The molecule has 13 heavy (non-hydrogen) atoms. The van der Waals surface area contributed by atoms with E-state index in [-0.39, 0.29) is 25.1 Å². The second-order valence-electron chi connectivity index (χ2n) is 3.71. The van der Waals surface area contributed by atoms with E-state index in [0.29, 0.717) is 0 Å². The van der Waals surface area contributed by atoms with E-state index in [1.54, 1.807) is 0 Å². The minimum absolute atomic E-state index is 0.0587. The van der Waals surface area contributed by atoms with Gasteiger partial charge in [0.05, 0.1) is 18.8 Å². The van der Waals surface area contributed by atoms with Gasteiger partial charge < -0.3 is 14.6 Å².